The van der Waals surface area contributed by atoms with Crippen LogP contribution in [-0.4, -0.2) is 72.7 Å². The summed E-state index contributed by atoms with van der Waals surface area (Å²) in [5.41, 5.74) is 0.388. The number of Topliss-reactive ketones (excluding diaryl/α,β-unsaturated/α-hetero) is 1. The Hall–Kier alpha value is -3.31. The first-order chi connectivity index (χ1) is 14.7. The molecular weight excluding hydrogens is 412 g/mol. The second kappa shape index (κ2) is 7.75. The molecular formula is C21H20O10. The number of hydrogen-bond acceptors (Lipinski definition) is 10. The zero-order chi connectivity index (χ0) is 22.4. The summed E-state index contributed by atoms with van der Waals surface area (Å²) in [6.45, 7) is -0.598. The number of benzene rings is 2. The van der Waals surface area contributed by atoms with E-state index >= 15 is 0 Å². The highest BCUT2D eigenvalue weighted by atomic mass is 16.7. The van der Waals surface area contributed by atoms with E-state index < -0.39 is 42.7 Å². The number of fused-ring (bicyclic) bond motifs is 1. The molecule has 1 aliphatic heterocycles. The third-order valence-electron chi connectivity index (χ3n) is 5.30. The third kappa shape index (κ3) is 3.55. The molecule has 0 aromatic heterocycles. The van der Waals surface area contributed by atoms with Gasteiger partial charge < -0.3 is 45.2 Å². The second-order valence-corrected chi connectivity index (χ2v) is 7.34. The van der Waals surface area contributed by atoms with Crippen molar-refractivity contribution in [1.29, 1.82) is 0 Å². The number of hydrogen-bond donors (Lipinski definition) is 7. The quantitative estimate of drug-likeness (QED) is 0.351. The van der Waals surface area contributed by atoms with Gasteiger partial charge in [0.05, 0.1) is 12.2 Å². The summed E-state index contributed by atoms with van der Waals surface area (Å²) in [4.78, 5) is 13.2. The number of phenolic OH excluding ortho intramolecular Hbond substituents is 4. The first kappa shape index (κ1) is 20.9. The van der Waals surface area contributed by atoms with E-state index in [4.69, 9.17) is 9.47 Å². The van der Waals surface area contributed by atoms with Crippen molar-refractivity contribution in [3.63, 3.8) is 0 Å². The number of ether oxygens (including phenoxy) is 2. The normalized spacial score (nSPS) is 25.6. The van der Waals surface area contributed by atoms with E-state index in [0.29, 0.717) is 0 Å². The molecule has 4 unspecified atom stereocenters. The van der Waals surface area contributed by atoms with Gasteiger partial charge in [-0.25, -0.2) is 0 Å². The van der Waals surface area contributed by atoms with Crippen LogP contribution in [0.3, 0.4) is 0 Å². The van der Waals surface area contributed by atoms with Crippen LogP contribution in [0, 0.1) is 0 Å². The molecule has 0 spiro atoms. The average Bonchev–Trinajstić information content (AvgIpc) is 2.97. The fourth-order valence-corrected chi connectivity index (χ4v) is 3.79. The minimum atomic E-state index is -1.58. The molecule has 10 nitrogen and oxygen atoms in total. The predicted molar refractivity (Wildman–Crippen MR) is 103 cm³/mol. The molecule has 1 aliphatic carbocycles. The lowest BCUT2D eigenvalue weighted by Gasteiger charge is -2.26. The van der Waals surface area contributed by atoms with E-state index in [-0.39, 0.29) is 51.7 Å². The van der Waals surface area contributed by atoms with Crippen LogP contribution in [0.1, 0.15) is 21.5 Å². The lowest BCUT2D eigenvalue weighted by molar-refractivity contribution is -0.144. The molecule has 2 aromatic carbocycles. The lowest BCUT2D eigenvalue weighted by atomic mass is 9.85. The second-order valence-electron chi connectivity index (χ2n) is 7.34. The summed E-state index contributed by atoms with van der Waals surface area (Å²) in [6, 6.07) is 5.97. The van der Waals surface area contributed by atoms with Gasteiger partial charge in [0.15, 0.2) is 5.76 Å². The van der Waals surface area contributed by atoms with Crippen molar-refractivity contribution < 1.29 is 50.0 Å². The van der Waals surface area contributed by atoms with E-state index in [1.54, 1.807) is 0 Å². The Labute approximate surface area is 175 Å². The Bertz CT molecular complexity index is 1080. The highest BCUT2D eigenvalue weighted by molar-refractivity contribution is 6.16. The minimum Gasteiger partial charge on any atom is -0.508 e. The number of aliphatic hydroxyl groups is 3. The van der Waals surface area contributed by atoms with Crippen molar-refractivity contribution in [2.24, 2.45) is 0 Å². The molecule has 7 N–H and O–H groups in total. The maximum atomic E-state index is 13.2. The number of rotatable bonds is 4. The van der Waals surface area contributed by atoms with Gasteiger partial charge in [-0.3, -0.25) is 4.79 Å². The maximum absolute atomic E-state index is 13.2. The number of aliphatic hydroxyl groups excluding tert-OH is 3. The number of ketones is 1. The van der Waals surface area contributed by atoms with Gasteiger partial charge in [-0.2, -0.15) is 0 Å². The summed E-state index contributed by atoms with van der Waals surface area (Å²) in [5, 5.41) is 69.4. The van der Waals surface area contributed by atoms with E-state index in [1.165, 1.54) is 18.2 Å². The summed E-state index contributed by atoms with van der Waals surface area (Å²) < 4.78 is 10.9. The van der Waals surface area contributed by atoms with Gasteiger partial charge in [-0.05, 0) is 23.8 Å². The molecule has 164 valence electrons. The van der Waals surface area contributed by atoms with Crippen LogP contribution in [0.5, 0.6) is 23.0 Å². The molecule has 1 fully saturated rings. The molecule has 4 atom stereocenters. The Morgan fingerprint density at radius 1 is 0.968 bits per heavy atom. The number of aromatic hydroxyl groups is 4. The topological polar surface area (TPSA) is 177 Å². The Morgan fingerprint density at radius 2 is 1.68 bits per heavy atom. The molecule has 2 aromatic rings. The van der Waals surface area contributed by atoms with Gasteiger partial charge in [-0.15, -0.1) is 0 Å². The highest BCUT2D eigenvalue weighted by Gasteiger charge is 2.45. The largest absolute Gasteiger partial charge is 0.508 e. The van der Waals surface area contributed by atoms with Crippen LogP contribution in [-0.2, 0) is 15.9 Å². The Kier molecular flexibility index (Phi) is 5.23. The predicted octanol–water partition coefficient (Wildman–Crippen LogP) is 0.115. The SMILES string of the molecule is O=C1C(OC2OC(CO)C(O)C2O)=C(c2ccc(O)cc2O)Cc2cc(O)cc(O)c21. The summed E-state index contributed by atoms with van der Waals surface area (Å²) in [5.74, 6) is -2.52. The molecule has 31 heavy (non-hydrogen) atoms. The van der Waals surface area contributed by atoms with Gasteiger partial charge in [0, 0.05) is 29.7 Å². The van der Waals surface area contributed by atoms with Crippen LogP contribution in [0.25, 0.3) is 5.57 Å². The van der Waals surface area contributed by atoms with Gasteiger partial charge in [0.2, 0.25) is 12.1 Å². The number of allylic oxidation sites excluding steroid dienone is 2. The van der Waals surface area contributed by atoms with Gasteiger partial charge >= 0.3 is 0 Å². The average molecular weight is 432 g/mol. The zero-order valence-corrected chi connectivity index (χ0v) is 16.0. The van der Waals surface area contributed by atoms with Crippen molar-refractivity contribution >= 4 is 11.4 Å². The summed E-state index contributed by atoms with van der Waals surface area (Å²) >= 11 is 0. The zero-order valence-electron chi connectivity index (χ0n) is 16.0. The van der Waals surface area contributed by atoms with Crippen LogP contribution in [0.4, 0.5) is 0 Å². The molecule has 4 rings (SSSR count). The van der Waals surface area contributed by atoms with Gasteiger partial charge in [-0.1, -0.05) is 0 Å². The van der Waals surface area contributed by atoms with Crippen LogP contribution < -0.4 is 0 Å². The van der Waals surface area contributed by atoms with Crippen molar-refractivity contribution in [3.8, 4) is 23.0 Å². The standard InChI is InChI=1S/C21H20O10/c22-7-15-17(27)19(29)21(30-15)31-20-12(11-2-1-9(23)5-13(11)25)4-8-3-10(24)6-14(26)16(8)18(20)28/h1-3,5-6,15,17,19,21-27,29H,4,7H2. The van der Waals surface area contributed by atoms with Crippen LogP contribution in [0.15, 0.2) is 36.1 Å². The minimum absolute atomic E-state index is 0.0640. The molecule has 0 amide bonds. The molecule has 1 saturated heterocycles. The fourth-order valence-electron chi connectivity index (χ4n) is 3.79. The first-order valence-corrected chi connectivity index (χ1v) is 9.35. The molecule has 2 aliphatic rings. The van der Waals surface area contributed by atoms with E-state index in [0.717, 1.165) is 12.1 Å². The number of carbonyl (C=O) groups is 1. The molecule has 0 bridgehead atoms. The van der Waals surface area contributed by atoms with Crippen LogP contribution >= 0.6 is 0 Å². The molecule has 1 heterocycles. The third-order valence-corrected chi connectivity index (χ3v) is 5.30. The van der Waals surface area contributed by atoms with Crippen molar-refractivity contribution in [3.05, 3.63) is 52.8 Å². The molecule has 10 heteroatoms. The number of phenols is 4. The van der Waals surface area contributed by atoms with Crippen LogP contribution in [0.2, 0.25) is 0 Å². The van der Waals surface area contributed by atoms with E-state index in [1.807, 2.05) is 0 Å². The molecule has 0 radical (unpaired) electrons. The highest BCUT2D eigenvalue weighted by Crippen LogP contribution is 2.42. The number of carbonyl (C=O) groups excluding carboxylic acids is 1. The Balaban J connectivity index is 1.83. The Morgan fingerprint density at radius 3 is 2.32 bits per heavy atom. The maximum Gasteiger partial charge on any atom is 0.232 e. The smallest absolute Gasteiger partial charge is 0.232 e. The van der Waals surface area contributed by atoms with Crippen molar-refractivity contribution in [2.45, 2.75) is 31.0 Å². The van der Waals surface area contributed by atoms with Gasteiger partial charge in [0.25, 0.3) is 0 Å². The van der Waals surface area contributed by atoms with E-state index in [9.17, 15) is 40.5 Å². The van der Waals surface area contributed by atoms with Crippen molar-refractivity contribution in [1.82, 2.24) is 0 Å². The van der Waals surface area contributed by atoms with E-state index in [2.05, 4.69) is 0 Å². The summed E-state index contributed by atoms with van der Waals surface area (Å²) in [7, 11) is 0. The fraction of sp³-hybridized carbons (Fsp3) is 0.286. The van der Waals surface area contributed by atoms with Crippen molar-refractivity contribution in [2.75, 3.05) is 6.61 Å². The monoisotopic (exact) mass is 432 g/mol. The summed E-state index contributed by atoms with van der Waals surface area (Å²) in [6.07, 6.45) is -5.76. The molecule has 0 saturated carbocycles. The lowest BCUT2D eigenvalue weighted by Crippen LogP contribution is -2.35. The van der Waals surface area contributed by atoms with Gasteiger partial charge in [0.1, 0.15) is 41.3 Å². The first-order valence-electron chi connectivity index (χ1n) is 9.35.